The van der Waals surface area contributed by atoms with Gasteiger partial charge in [-0.15, -0.1) is 22.7 Å². The summed E-state index contributed by atoms with van der Waals surface area (Å²) in [6, 6.07) is 1.13. The van der Waals surface area contributed by atoms with Crippen LogP contribution in [0, 0.1) is 6.92 Å². The summed E-state index contributed by atoms with van der Waals surface area (Å²) in [5.41, 5.74) is -2.31. The van der Waals surface area contributed by atoms with E-state index in [0.717, 1.165) is 15.6 Å². The van der Waals surface area contributed by atoms with Gasteiger partial charge in [0.25, 0.3) is 15.6 Å². The number of hydrogen-bond donors (Lipinski definition) is 2. The summed E-state index contributed by atoms with van der Waals surface area (Å²) < 4.78 is 27.0. The number of aromatic amines is 1. The first kappa shape index (κ1) is 19.8. The predicted octanol–water partition coefficient (Wildman–Crippen LogP) is 1.79. The zero-order valence-electron chi connectivity index (χ0n) is 15.3. The second kappa shape index (κ2) is 6.50. The Hall–Kier alpha value is -2.51. The number of amides is 1. The van der Waals surface area contributed by atoms with E-state index in [0.29, 0.717) is 33.4 Å². The van der Waals surface area contributed by atoms with Crippen molar-refractivity contribution in [3.63, 3.8) is 0 Å². The van der Waals surface area contributed by atoms with Gasteiger partial charge in [-0.25, -0.2) is 14.6 Å². The van der Waals surface area contributed by atoms with Gasteiger partial charge in [0.1, 0.15) is 9.04 Å². The van der Waals surface area contributed by atoms with Crippen molar-refractivity contribution in [1.82, 2.24) is 18.8 Å². The third kappa shape index (κ3) is 3.28. The van der Waals surface area contributed by atoms with Crippen LogP contribution in [0.2, 0.25) is 0 Å². The van der Waals surface area contributed by atoms with E-state index < -0.39 is 32.9 Å². The number of nitrogens with zero attached hydrogens (tertiary/aromatic N) is 3. The maximum Gasteiger partial charge on any atom is 0.421 e. The molecule has 10 nitrogen and oxygen atoms in total. The van der Waals surface area contributed by atoms with Crippen LogP contribution >= 0.6 is 22.7 Å². The monoisotopic (exact) mass is 456 g/mol. The van der Waals surface area contributed by atoms with E-state index in [9.17, 15) is 27.9 Å². The quantitative estimate of drug-likeness (QED) is 0.596. The second-order valence-electron chi connectivity index (χ2n) is 7.02. The van der Waals surface area contributed by atoms with Gasteiger partial charge in [-0.3, -0.25) is 14.3 Å². The molecular weight excluding hydrogens is 440 g/mol. The molecule has 3 aromatic rings. The summed E-state index contributed by atoms with van der Waals surface area (Å²) in [6.07, 6.45) is 0.859. The highest BCUT2D eigenvalue weighted by Crippen LogP contribution is 2.45. The molecule has 154 valence electrons. The van der Waals surface area contributed by atoms with Crippen molar-refractivity contribution in [2.75, 3.05) is 0 Å². The number of thiophene rings is 1. The van der Waals surface area contributed by atoms with Gasteiger partial charge in [-0.05, 0) is 32.8 Å². The lowest BCUT2D eigenvalue weighted by atomic mass is 10.3. The number of fused-ring (bicyclic) bond motifs is 1. The van der Waals surface area contributed by atoms with E-state index in [-0.39, 0.29) is 21.0 Å². The molecule has 0 aromatic carbocycles. The Morgan fingerprint density at radius 3 is 2.62 bits per heavy atom. The molecule has 4 rings (SSSR count). The highest BCUT2D eigenvalue weighted by atomic mass is 32.2. The number of rotatable bonds is 5. The molecule has 0 saturated heterocycles. The van der Waals surface area contributed by atoms with Crippen molar-refractivity contribution in [2.24, 2.45) is 0 Å². The molecule has 0 spiro atoms. The van der Waals surface area contributed by atoms with Gasteiger partial charge in [0.15, 0.2) is 0 Å². The van der Waals surface area contributed by atoms with Gasteiger partial charge in [0.05, 0.1) is 22.5 Å². The van der Waals surface area contributed by atoms with Crippen molar-refractivity contribution in [3.8, 4) is 0 Å². The first-order valence-electron chi connectivity index (χ1n) is 8.49. The van der Waals surface area contributed by atoms with Crippen molar-refractivity contribution in [1.29, 1.82) is 0 Å². The number of H-pyrrole nitrogens is 1. The highest BCUT2D eigenvalue weighted by molar-refractivity contribution is 7.92. The van der Waals surface area contributed by atoms with Crippen molar-refractivity contribution >= 4 is 49.0 Å². The molecule has 1 saturated carbocycles. The fourth-order valence-electron chi connectivity index (χ4n) is 3.03. The number of aryl methyl sites for hydroxylation is 1. The van der Waals surface area contributed by atoms with Gasteiger partial charge in [0, 0.05) is 11.1 Å². The smallest absolute Gasteiger partial charge is 0.421 e. The van der Waals surface area contributed by atoms with Gasteiger partial charge < -0.3 is 5.11 Å². The predicted molar refractivity (Wildman–Crippen MR) is 107 cm³/mol. The zero-order valence-corrected chi connectivity index (χ0v) is 17.8. The number of carbonyl (C=O) groups is 1. The molecule has 3 heterocycles. The summed E-state index contributed by atoms with van der Waals surface area (Å²) in [5, 5.41) is 10.3. The number of carboxylic acid groups (broad SMARTS) is 1. The van der Waals surface area contributed by atoms with Crippen LogP contribution in [0.3, 0.4) is 0 Å². The maximum atomic E-state index is 13.0. The molecule has 2 N–H and O–H groups in total. The molecular formula is C16H16N4O6S3. The number of hydrogen-bond acceptors (Lipinski definition) is 8. The summed E-state index contributed by atoms with van der Waals surface area (Å²) in [4.78, 5) is 44.2. The van der Waals surface area contributed by atoms with Crippen LogP contribution in [0.15, 0.2) is 26.1 Å². The summed E-state index contributed by atoms with van der Waals surface area (Å²) in [6.45, 7) is 3.36. The van der Waals surface area contributed by atoms with E-state index in [2.05, 4.69) is 9.97 Å². The Morgan fingerprint density at radius 1 is 1.38 bits per heavy atom. The molecule has 0 radical (unpaired) electrons. The Kier molecular flexibility index (Phi) is 4.44. The van der Waals surface area contributed by atoms with Crippen LogP contribution in [0.1, 0.15) is 29.7 Å². The van der Waals surface area contributed by atoms with Crippen LogP contribution in [-0.2, 0) is 16.6 Å². The van der Waals surface area contributed by atoms with Crippen LogP contribution in [0.4, 0.5) is 4.79 Å². The summed E-state index contributed by atoms with van der Waals surface area (Å²) >= 11 is 2.01. The first-order chi connectivity index (χ1) is 13.5. The molecule has 3 aromatic heterocycles. The lowest BCUT2D eigenvalue weighted by Gasteiger charge is -2.24. The molecule has 13 heteroatoms. The van der Waals surface area contributed by atoms with Gasteiger partial charge in [-0.1, -0.05) is 0 Å². The SMILES string of the molecule is Cc1ncc(Cn2c(=O)[nH]c3sc(S(=O)(=O)N(C(=O)O)C4(C)CC4)cc3c2=O)s1. The number of sulfonamides is 1. The normalized spacial score (nSPS) is 15.5. The van der Waals surface area contributed by atoms with Gasteiger partial charge in [-0.2, -0.15) is 12.7 Å². The lowest BCUT2D eigenvalue weighted by molar-refractivity contribution is 0.159. The molecule has 1 aliphatic rings. The van der Waals surface area contributed by atoms with E-state index in [1.165, 1.54) is 11.3 Å². The van der Waals surface area contributed by atoms with Gasteiger partial charge in [0.2, 0.25) is 0 Å². The molecule has 0 atom stereocenters. The third-order valence-corrected chi connectivity index (χ3v) is 9.09. The summed E-state index contributed by atoms with van der Waals surface area (Å²) in [5.74, 6) is 0. The molecule has 1 amide bonds. The molecule has 1 aliphatic carbocycles. The zero-order chi connectivity index (χ0) is 21.1. The van der Waals surface area contributed by atoms with Crippen molar-refractivity contribution in [2.45, 2.75) is 43.0 Å². The topological polar surface area (TPSA) is 142 Å². The Labute approximate surface area is 172 Å². The largest absolute Gasteiger partial charge is 0.464 e. The number of thiazole rings is 1. The van der Waals surface area contributed by atoms with E-state index in [4.69, 9.17) is 0 Å². The number of aromatic nitrogens is 3. The second-order valence-corrected chi connectivity index (χ2v) is 11.4. The standard InChI is InChI=1S/C16H16N4O6S3/c1-8-17-6-9(27-8)7-19-13(21)10-5-11(28-12(10)18-14(19)22)29(25,26)20(15(23)24)16(2)3-4-16/h5-6H,3-4,7H2,1-2H3,(H,18,22)(H,23,24). The fraction of sp³-hybridized carbons (Fsp3) is 0.375. The average Bonchev–Trinajstić information content (AvgIpc) is 3.03. The average molecular weight is 457 g/mol. The van der Waals surface area contributed by atoms with Crippen LogP contribution in [-0.4, -0.2) is 44.0 Å². The Bertz CT molecular complexity index is 1360. The Morgan fingerprint density at radius 2 is 2.07 bits per heavy atom. The van der Waals surface area contributed by atoms with Crippen molar-refractivity contribution < 1.29 is 18.3 Å². The lowest BCUT2D eigenvalue weighted by Crippen LogP contribution is -2.43. The van der Waals surface area contributed by atoms with Crippen molar-refractivity contribution in [3.05, 3.63) is 43.0 Å². The minimum absolute atomic E-state index is 0.00681. The van der Waals surface area contributed by atoms with E-state index in [1.54, 1.807) is 20.0 Å². The summed E-state index contributed by atoms with van der Waals surface area (Å²) in [7, 11) is -4.38. The first-order valence-corrected chi connectivity index (χ1v) is 11.6. The molecule has 0 aliphatic heterocycles. The minimum atomic E-state index is -4.38. The molecule has 1 fully saturated rings. The molecule has 29 heavy (non-hydrogen) atoms. The van der Waals surface area contributed by atoms with Gasteiger partial charge >= 0.3 is 11.8 Å². The molecule has 0 bridgehead atoms. The van der Waals surface area contributed by atoms with Crippen LogP contribution < -0.4 is 11.2 Å². The van der Waals surface area contributed by atoms with E-state index >= 15 is 0 Å². The van der Waals surface area contributed by atoms with Crippen LogP contribution in [0.5, 0.6) is 0 Å². The molecule has 0 unspecified atom stereocenters. The fourth-order valence-corrected chi connectivity index (χ4v) is 6.89. The van der Waals surface area contributed by atoms with Crippen LogP contribution in [0.25, 0.3) is 10.2 Å². The Balaban J connectivity index is 1.82. The van der Waals surface area contributed by atoms with E-state index in [1.807, 2.05) is 0 Å². The maximum absolute atomic E-state index is 13.0. The third-order valence-electron chi connectivity index (χ3n) is 4.77. The number of nitrogens with one attached hydrogen (secondary N) is 1. The minimum Gasteiger partial charge on any atom is -0.464 e. The highest BCUT2D eigenvalue weighted by Gasteiger charge is 2.52.